The first kappa shape index (κ1) is 16.7. The lowest BCUT2D eigenvalue weighted by Gasteiger charge is -2.23. The Bertz CT molecular complexity index is 653. The number of carboxylic acids is 1. The molecule has 0 aromatic heterocycles. The molecule has 0 spiro atoms. The minimum absolute atomic E-state index is 0.0261. The average Bonchev–Trinajstić information content (AvgIpc) is 2.84. The third-order valence-corrected chi connectivity index (χ3v) is 5.75. The Morgan fingerprint density at radius 2 is 2.24 bits per heavy atom. The average molecular weight is 425 g/mol. The minimum Gasteiger partial charge on any atom is -0.478 e. The topological polar surface area (TPSA) is 92.7 Å². The molecule has 1 aliphatic rings. The van der Waals surface area contributed by atoms with Crippen molar-refractivity contribution in [2.24, 2.45) is 0 Å². The predicted octanol–water partition coefficient (Wildman–Crippen LogP) is 1.84. The molecule has 21 heavy (non-hydrogen) atoms. The quantitative estimate of drug-likeness (QED) is 0.703. The summed E-state index contributed by atoms with van der Waals surface area (Å²) in [6.07, 6.45) is 1.70. The Morgan fingerprint density at radius 3 is 2.81 bits per heavy atom. The lowest BCUT2D eigenvalue weighted by Crippen LogP contribution is -2.40. The molecule has 8 heteroatoms. The van der Waals surface area contributed by atoms with Crippen LogP contribution in [0.1, 0.15) is 30.1 Å². The molecule has 1 unspecified atom stereocenters. The fourth-order valence-corrected chi connectivity index (χ4v) is 3.89. The predicted molar refractivity (Wildman–Crippen MR) is 84.9 cm³/mol. The van der Waals surface area contributed by atoms with Gasteiger partial charge in [-0.25, -0.2) is 17.9 Å². The summed E-state index contributed by atoms with van der Waals surface area (Å²) in [5, 5.41) is 9.06. The number of carboxylic acid groups (broad SMARTS) is 1. The number of aromatic carboxylic acids is 1. The van der Waals surface area contributed by atoms with E-state index in [4.69, 9.17) is 9.84 Å². The minimum atomic E-state index is -3.76. The van der Waals surface area contributed by atoms with Crippen LogP contribution < -0.4 is 4.72 Å². The molecule has 0 aliphatic carbocycles. The van der Waals surface area contributed by atoms with Crippen LogP contribution in [0, 0.1) is 3.57 Å². The second kappa shape index (κ2) is 6.19. The van der Waals surface area contributed by atoms with Gasteiger partial charge >= 0.3 is 5.97 Å². The fourth-order valence-electron chi connectivity index (χ4n) is 2.14. The van der Waals surface area contributed by atoms with Crippen LogP contribution >= 0.6 is 22.6 Å². The number of carbonyl (C=O) groups is 1. The van der Waals surface area contributed by atoms with Gasteiger partial charge in [0.15, 0.2) is 0 Å². The largest absolute Gasteiger partial charge is 0.478 e. The Balaban J connectivity index is 2.19. The molecular weight excluding hydrogens is 409 g/mol. The SMILES string of the molecule is CC1(CNS(=O)(=O)c2ccc(I)c(C(=O)O)c2)CCCO1. The van der Waals surface area contributed by atoms with Gasteiger partial charge in [-0.15, -0.1) is 0 Å². The second-order valence-corrected chi connectivity index (χ2v) is 8.10. The first-order chi connectivity index (χ1) is 9.73. The van der Waals surface area contributed by atoms with E-state index in [1.807, 2.05) is 29.5 Å². The molecule has 116 valence electrons. The van der Waals surface area contributed by atoms with Crippen LogP contribution in [-0.2, 0) is 14.8 Å². The molecule has 0 amide bonds. The second-order valence-electron chi connectivity index (χ2n) is 5.17. The van der Waals surface area contributed by atoms with Crippen molar-refractivity contribution in [2.45, 2.75) is 30.3 Å². The van der Waals surface area contributed by atoms with Crippen molar-refractivity contribution < 1.29 is 23.1 Å². The molecule has 0 radical (unpaired) electrons. The monoisotopic (exact) mass is 425 g/mol. The van der Waals surface area contributed by atoms with Gasteiger partial charge < -0.3 is 9.84 Å². The van der Waals surface area contributed by atoms with Crippen molar-refractivity contribution in [1.29, 1.82) is 0 Å². The maximum absolute atomic E-state index is 12.3. The normalized spacial score (nSPS) is 22.4. The van der Waals surface area contributed by atoms with Crippen molar-refractivity contribution in [1.82, 2.24) is 4.72 Å². The summed E-state index contributed by atoms with van der Waals surface area (Å²) < 4.78 is 33.0. The molecule has 0 bridgehead atoms. The lowest BCUT2D eigenvalue weighted by molar-refractivity contribution is 0.0250. The number of rotatable bonds is 5. The van der Waals surface area contributed by atoms with Crippen LogP contribution in [0.25, 0.3) is 0 Å². The van der Waals surface area contributed by atoms with E-state index in [1.54, 1.807) is 0 Å². The summed E-state index contributed by atoms with van der Waals surface area (Å²) in [5.74, 6) is -1.15. The van der Waals surface area contributed by atoms with Crippen molar-refractivity contribution in [3.05, 3.63) is 27.3 Å². The molecule has 6 nitrogen and oxygen atoms in total. The van der Waals surface area contributed by atoms with Crippen molar-refractivity contribution in [3.8, 4) is 0 Å². The maximum Gasteiger partial charge on any atom is 0.336 e. The summed E-state index contributed by atoms with van der Waals surface area (Å²) in [7, 11) is -3.76. The summed E-state index contributed by atoms with van der Waals surface area (Å²) in [6.45, 7) is 2.66. The number of ether oxygens (including phenoxy) is 1. The molecule has 1 aromatic rings. The molecule has 2 rings (SSSR count). The van der Waals surface area contributed by atoms with Crippen LogP contribution in [0.2, 0.25) is 0 Å². The van der Waals surface area contributed by atoms with E-state index in [1.165, 1.54) is 18.2 Å². The van der Waals surface area contributed by atoms with Gasteiger partial charge in [0.05, 0.1) is 16.1 Å². The van der Waals surface area contributed by atoms with Crippen molar-refractivity contribution in [2.75, 3.05) is 13.2 Å². The molecule has 1 aromatic carbocycles. The van der Waals surface area contributed by atoms with Crippen LogP contribution in [0.15, 0.2) is 23.1 Å². The standard InChI is InChI=1S/C13H16INO5S/c1-13(5-2-6-20-13)8-15-21(18,19)9-3-4-11(14)10(7-9)12(16)17/h3-4,7,15H,2,5-6,8H2,1H3,(H,16,17). The number of nitrogens with one attached hydrogen (secondary N) is 1. The van der Waals surface area contributed by atoms with E-state index < -0.39 is 21.6 Å². The molecule has 1 heterocycles. The first-order valence-corrected chi connectivity index (χ1v) is 8.96. The van der Waals surface area contributed by atoms with Crippen LogP contribution in [-0.4, -0.2) is 38.2 Å². The zero-order valence-corrected chi connectivity index (χ0v) is 14.4. The fraction of sp³-hybridized carbons (Fsp3) is 0.462. The van der Waals surface area contributed by atoms with E-state index in [0.717, 1.165) is 12.8 Å². The third-order valence-electron chi connectivity index (χ3n) is 3.42. The van der Waals surface area contributed by atoms with Crippen molar-refractivity contribution in [3.63, 3.8) is 0 Å². The van der Waals surface area contributed by atoms with E-state index in [-0.39, 0.29) is 17.0 Å². The molecule has 1 aliphatic heterocycles. The van der Waals surface area contributed by atoms with E-state index in [0.29, 0.717) is 10.2 Å². The molecular formula is C13H16INO5S. The Hall–Kier alpha value is -0.710. The highest BCUT2D eigenvalue weighted by Gasteiger charge is 2.31. The third kappa shape index (κ3) is 3.93. The van der Waals surface area contributed by atoms with Crippen LogP contribution in [0.5, 0.6) is 0 Å². The highest BCUT2D eigenvalue weighted by Crippen LogP contribution is 2.25. The van der Waals surface area contributed by atoms with Crippen LogP contribution in [0.4, 0.5) is 0 Å². The number of hydrogen-bond donors (Lipinski definition) is 2. The lowest BCUT2D eigenvalue weighted by atomic mass is 10.0. The number of halogens is 1. The summed E-state index contributed by atoms with van der Waals surface area (Å²) >= 11 is 1.86. The molecule has 2 N–H and O–H groups in total. The van der Waals surface area contributed by atoms with Gasteiger partial charge in [0.1, 0.15) is 0 Å². The zero-order chi connectivity index (χ0) is 15.7. The smallest absolute Gasteiger partial charge is 0.336 e. The summed E-state index contributed by atoms with van der Waals surface area (Å²) in [6, 6.07) is 4.05. The van der Waals surface area contributed by atoms with E-state index >= 15 is 0 Å². The molecule has 0 saturated carbocycles. The van der Waals surface area contributed by atoms with Gasteiger partial charge in [0.2, 0.25) is 10.0 Å². The maximum atomic E-state index is 12.3. The zero-order valence-electron chi connectivity index (χ0n) is 11.4. The first-order valence-electron chi connectivity index (χ1n) is 6.40. The summed E-state index contributed by atoms with van der Waals surface area (Å²) in [4.78, 5) is 11.0. The highest BCUT2D eigenvalue weighted by atomic mass is 127. The van der Waals surface area contributed by atoms with Gasteiger partial charge in [-0.1, -0.05) is 0 Å². The van der Waals surface area contributed by atoms with E-state index in [9.17, 15) is 13.2 Å². The Labute approximate surface area is 137 Å². The van der Waals surface area contributed by atoms with Crippen LogP contribution in [0.3, 0.4) is 0 Å². The summed E-state index contributed by atoms with van der Waals surface area (Å²) in [5.41, 5.74) is -0.520. The van der Waals surface area contributed by atoms with Crippen molar-refractivity contribution >= 4 is 38.6 Å². The van der Waals surface area contributed by atoms with E-state index in [2.05, 4.69) is 4.72 Å². The number of sulfonamides is 1. The highest BCUT2D eigenvalue weighted by molar-refractivity contribution is 14.1. The molecule has 1 saturated heterocycles. The van der Waals surface area contributed by atoms with Gasteiger partial charge in [0, 0.05) is 16.7 Å². The van der Waals surface area contributed by atoms with Gasteiger partial charge in [-0.2, -0.15) is 0 Å². The number of hydrogen-bond acceptors (Lipinski definition) is 4. The molecule has 1 fully saturated rings. The van der Waals surface area contributed by atoms with Gasteiger partial charge in [-0.05, 0) is 60.6 Å². The Kier molecular flexibility index (Phi) is 4.91. The molecule has 1 atom stereocenters. The van der Waals surface area contributed by atoms with Gasteiger partial charge in [0.25, 0.3) is 0 Å². The van der Waals surface area contributed by atoms with Gasteiger partial charge in [-0.3, -0.25) is 0 Å². The Morgan fingerprint density at radius 1 is 1.52 bits per heavy atom. The number of benzene rings is 1.